The first-order valence-electron chi connectivity index (χ1n) is 9.30. The van der Waals surface area contributed by atoms with E-state index in [1.54, 1.807) is 24.5 Å². The van der Waals surface area contributed by atoms with Crippen LogP contribution in [0.25, 0.3) is 0 Å². The van der Waals surface area contributed by atoms with E-state index in [0.717, 1.165) is 30.3 Å². The van der Waals surface area contributed by atoms with Gasteiger partial charge in [-0.1, -0.05) is 12.1 Å². The molecule has 8 heteroatoms. The van der Waals surface area contributed by atoms with Gasteiger partial charge in [0.05, 0.1) is 10.7 Å². The third-order valence-electron chi connectivity index (χ3n) is 5.16. The monoisotopic (exact) mass is 404 g/mol. The standard InChI is InChI=1S/C20H25FN4O2S/c1-13-23-17(12-28-13)11-25-8-6-14(7-9-25)20(27)24(2)18(19(22)26)15-4-3-5-16(21)10-15/h3-5,10,12,14,18H,6-9,11H2,1-2H3,(H2,22,26). The highest BCUT2D eigenvalue weighted by Gasteiger charge is 2.33. The average Bonchev–Trinajstić information content (AvgIpc) is 3.06. The van der Waals surface area contributed by atoms with Crippen molar-refractivity contribution >= 4 is 23.2 Å². The molecule has 1 saturated heterocycles. The van der Waals surface area contributed by atoms with Crippen molar-refractivity contribution < 1.29 is 14.0 Å². The molecule has 2 amide bonds. The molecule has 1 atom stereocenters. The maximum Gasteiger partial charge on any atom is 0.244 e. The number of likely N-dealkylation sites (N-methyl/N-ethyl adjacent to an activating group) is 1. The van der Waals surface area contributed by atoms with E-state index >= 15 is 0 Å². The Kier molecular flexibility index (Phi) is 6.41. The summed E-state index contributed by atoms with van der Waals surface area (Å²) in [6.45, 7) is 4.36. The van der Waals surface area contributed by atoms with Crippen LogP contribution in [0, 0.1) is 18.7 Å². The van der Waals surface area contributed by atoms with Crippen molar-refractivity contribution in [1.82, 2.24) is 14.8 Å². The second-order valence-electron chi connectivity index (χ2n) is 7.22. The summed E-state index contributed by atoms with van der Waals surface area (Å²) >= 11 is 1.64. The Labute approximate surface area is 168 Å². The lowest BCUT2D eigenvalue weighted by Gasteiger charge is -2.34. The molecule has 6 nitrogen and oxygen atoms in total. The maximum absolute atomic E-state index is 13.6. The summed E-state index contributed by atoms with van der Waals surface area (Å²) < 4.78 is 13.6. The van der Waals surface area contributed by atoms with Crippen LogP contribution in [-0.4, -0.2) is 46.7 Å². The van der Waals surface area contributed by atoms with Crippen molar-refractivity contribution in [2.24, 2.45) is 11.7 Å². The predicted molar refractivity (Wildman–Crippen MR) is 106 cm³/mol. The molecule has 0 radical (unpaired) electrons. The molecule has 0 spiro atoms. The van der Waals surface area contributed by atoms with Gasteiger partial charge in [-0.25, -0.2) is 9.37 Å². The van der Waals surface area contributed by atoms with Crippen molar-refractivity contribution in [3.8, 4) is 0 Å². The molecule has 2 heterocycles. The van der Waals surface area contributed by atoms with E-state index in [0.29, 0.717) is 18.4 Å². The Bertz CT molecular complexity index is 848. The number of rotatable bonds is 6. The number of thiazole rings is 1. The average molecular weight is 405 g/mol. The molecule has 1 aromatic heterocycles. The number of aryl methyl sites for hydroxylation is 1. The number of halogens is 1. The minimum absolute atomic E-state index is 0.128. The van der Waals surface area contributed by atoms with Gasteiger partial charge in [-0.15, -0.1) is 11.3 Å². The van der Waals surface area contributed by atoms with Gasteiger partial charge in [0.25, 0.3) is 0 Å². The van der Waals surface area contributed by atoms with E-state index < -0.39 is 17.8 Å². The molecule has 150 valence electrons. The van der Waals surface area contributed by atoms with E-state index in [-0.39, 0.29) is 11.8 Å². The number of likely N-dealkylation sites (tertiary alicyclic amines) is 1. The fourth-order valence-corrected chi connectivity index (χ4v) is 4.32. The zero-order valence-electron chi connectivity index (χ0n) is 16.1. The Hall–Kier alpha value is -2.32. The summed E-state index contributed by atoms with van der Waals surface area (Å²) in [6, 6.07) is 4.69. The first kappa shape index (κ1) is 20.4. The highest BCUT2D eigenvalue weighted by atomic mass is 32.1. The van der Waals surface area contributed by atoms with Crippen molar-refractivity contribution in [2.75, 3.05) is 20.1 Å². The lowest BCUT2D eigenvalue weighted by atomic mass is 9.94. The topological polar surface area (TPSA) is 79.5 Å². The molecule has 0 aliphatic carbocycles. The number of aromatic nitrogens is 1. The molecule has 1 aromatic carbocycles. The Balaban J connectivity index is 1.62. The number of piperidine rings is 1. The number of nitrogens with two attached hydrogens (primary N) is 1. The predicted octanol–water partition coefficient (Wildman–Crippen LogP) is 2.49. The number of hydrogen-bond donors (Lipinski definition) is 1. The second-order valence-corrected chi connectivity index (χ2v) is 8.28. The molecule has 28 heavy (non-hydrogen) atoms. The highest BCUT2D eigenvalue weighted by molar-refractivity contribution is 7.09. The first-order chi connectivity index (χ1) is 13.3. The molecule has 1 aliphatic heterocycles. The number of primary amides is 1. The van der Waals surface area contributed by atoms with Gasteiger partial charge < -0.3 is 10.6 Å². The zero-order chi connectivity index (χ0) is 20.3. The third-order valence-corrected chi connectivity index (χ3v) is 5.98. The van der Waals surface area contributed by atoms with Crippen molar-refractivity contribution in [1.29, 1.82) is 0 Å². The Morgan fingerprint density at radius 1 is 1.39 bits per heavy atom. The molecule has 1 unspecified atom stereocenters. The van der Waals surface area contributed by atoms with Gasteiger partial charge in [0, 0.05) is 24.9 Å². The zero-order valence-corrected chi connectivity index (χ0v) is 16.9. The van der Waals surface area contributed by atoms with E-state index in [9.17, 15) is 14.0 Å². The Morgan fingerprint density at radius 3 is 2.68 bits per heavy atom. The molecule has 1 fully saturated rings. The number of amides is 2. The van der Waals surface area contributed by atoms with Gasteiger partial charge in [-0.05, 0) is 50.6 Å². The van der Waals surface area contributed by atoms with Crippen LogP contribution in [0.15, 0.2) is 29.6 Å². The van der Waals surface area contributed by atoms with Crippen LogP contribution in [0.3, 0.4) is 0 Å². The summed E-state index contributed by atoms with van der Waals surface area (Å²) in [5.74, 6) is -1.43. The lowest BCUT2D eigenvalue weighted by Crippen LogP contribution is -2.45. The number of carbonyl (C=O) groups is 2. The van der Waals surface area contributed by atoms with Crippen LogP contribution < -0.4 is 5.73 Å². The summed E-state index contributed by atoms with van der Waals surface area (Å²) in [7, 11) is 1.56. The summed E-state index contributed by atoms with van der Waals surface area (Å²) in [4.78, 5) is 33.1. The van der Waals surface area contributed by atoms with Crippen LogP contribution in [0.5, 0.6) is 0 Å². The van der Waals surface area contributed by atoms with Crippen molar-refractivity contribution in [3.63, 3.8) is 0 Å². The number of carbonyl (C=O) groups excluding carboxylic acids is 2. The van der Waals surface area contributed by atoms with Crippen LogP contribution in [0.1, 0.15) is 35.1 Å². The second kappa shape index (κ2) is 8.79. The highest BCUT2D eigenvalue weighted by Crippen LogP contribution is 2.26. The van der Waals surface area contributed by atoms with Crippen molar-refractivity contribution in [3.05, 3.63) is 51.7 Å². The van der Waals surface area contributed by atoms with Gasteiger partial charge in [-0.2, -0.15) is 0 Å². The molecule has 2 aromatic rings. The third kappa shape index (κ3) is 4.74. The quantitative estimate of drug-likeness (QED) is 0.802. The lowest BCUT2D eigenvalue weighted by molar-refractivity contribution is -0.142. The molecule has 0 bridgehead atoms. The van der Waals surface area contributed by atoms with Crippen LogP contribution in [0.2, 0.25) is 0 Å². The van der Waals surface area contributed by atoms with Gasteiger partial charge in [0.1, 0.15) is 11.9 Å². The number of nitrogens with zero attached hydrogens (tertiary/aromatic N) is 3. The molecule has 1 aliphatic rings. The fourth-order valence-electron chi connectivity index (χ4n) is 3.72. The van der Waals surface area contributed by atoms with Crippen LogP contribution >= 0.6 is 11.3 Å². The SMILES string of the molecule is Cc1nc(CN2CCC(C(=O)N(C)C(C(N)=O)c3cccc(F)c3)CC2)cs1. The van der Waals surface area contributed by atoms with Crippen molar-refractivity contribution in [2.45, 2.75) is 32.4 Å². The van der Waals surface area contributed by atoms with Gasteiger partial charge in [0.2, 0.25) is 11.8 Å². The van der Waals surface area contributed by atoms with E-state index in [1.807, 2.05) is 6.92 Å². The summed E-state index contributed by atoms with van der Waals surface area (Å²) in [5.41, 5.74) is 6.98. The smallest absolute Gasteiger partial charge is 0.244 e. The van der Waals surface area contributed by atoms with Crippen LogP contribution in [0.4, 0.5) is 4.39 Å². The number of benzene rings is 1. The van der Waals surface area contributed by atoms with Gasteiger partial charge in [0.15, 0.2) is 0 Å². The molecular formula is C20H25FN4O2S. The summed E-state index contributed by atoms with van der Waals surface area (Å²) in [6.07, 6.45) is 1.42. The Morgan fingerprint density at radius 2 is 2.11 bits per heavy atom. The minimum Gasteiger partial charge on any atom is -0.368 e. The van der Waals surface area contributed by atoms with Crippen LogP contribution in [-0.2, 0) is 16.1 Å². The van der Waals surface area contributed by atoms with Gasteiger partial charge in [-0.3, -0.25) is 14.5 Å². The first-order valence-corrected chi connectivity index (χ1v) is 10.2. The molecule has 2 N–H and O–H groups in total. The van der Waals surface area contributed by atoms with E-state index in [2.05, 4.69) is 15.3 Å². The largest absolute Gasteiger partial charge is 0.368 e. The molecular weight excluding hydrogens is 379 g/mol. The fraction of sp³-hybridized carbons (Fsp3) is 0.450. The minimum atomic E-state index is -0.973. The molecule has 0 saturated carbocycles. The van der Waals surface area contributed by atoms with Gasteiger partial charge >= 0.3 is 0 Å². The molecule has 3 rings (SSSR count). The maximum atomic E-state index is 13.6. The summed E-state index contributed by atoms with van der Waals surface area (Å²) in [5, 5.41) is 3.12. The number of hydrogen-bond acceptors (Lipinski definition) is 5. The normalized spacial score (nSPS) is 16.7. The van der Waals surface area contributed by atoms with E-state index in [4.69, 9.17) is 5.73 Å². The van der Waals surface area contributed by atoms with E-state index in [1.165, 1.54) is 23.1 Å².